The Kier molecular flexibility index (Phi) is 4.20. The summed E-state index contributed by atoms with van der Waals surface area (Å²) in [4.78, 5) is 4.35. The highest BCUT2D eigenvalue weighted by molar-refractivity contribution is 9.10. The largest absolute Gasteiger partial charge is 0.496 e. The summed E-state index contributed by atoms with van der Waals surface area (Å²) >= 11 is 3.36. The summed E-state index contributed by atoms with van der Waals surface area (Å²) in [6.07, 6.45) is 0. The third kappa shape index (κ3) is 3.01. The first-order valence-corrected chi connectivity index (χ1v) is 6.49. The van der Waals surface area contributed by atoms with Crippen LogP contribution in [0.15, 0.2) is 41.0 Å². The van der Waals surface area contributed by atoms with E-state index >= 15 is 0 Å². The third-order valence-corrected chi connectivity index (χ3v) is 3.16. The van der Waals surface area contributed by atoms with Crippen molar-refractivity contribution in [1.29, 1.82) is 0 Å². The van der Waals surface area contributed by atoms with Gasteiger partial charge in [0.1, 0.15) is 10.4 Å². The second-order valence-corrected chi connectivity index (χ2v) is 4.74. The molecule has 0 spiro atoms. The van der Waals surface area contributed by atoms with Gasteiger partial charge in [0.2, 0.25) is 0 Å². The first kappa shape index (κ1) is 12.9. The van der Waals surface area contributed by atoms with Gasteiger partial charge in [0.05, 0.1) is 18.5 Å². The van der Waals surface area contributed by atoms with Crippen LogP contribution in [0.4, 0.5) is 5.69 Å². The maximum absolute atomic E-state index is 5.32. The molecule has 1 aromatic carbocycles. The number of anilines is 1. The lowest BCUT2D eigenvalue weighted by atomic mass is 10.2. The normalized spacial score (nSPS) is 10.2. The molecule has 1 aromatic heterocycles. The van der Waals surface area contributed by atoms with E-state index in [2.05, 4.69) is 26.2 Å². The highest BCUT2D eigenvalue weighted by Gasteiger charge is 2.03. The first-order valence-electron chi connectivity index (χ1n) is 5.69. The molecule has 1 N–H and O–H groups in total. The quantitative estimate of drug-likeness (QED) is 0.873. The molecule has 0 radical (unpaired) electrons. The Balaban J connectivity index is 2.11. The highest BCUT2D eigenvalue weighted by Crippen LogP contribution is 2.21. The zero-order valence-corrected chi connectivity index (χ0v) is 12.0. The van der Waals surface area contributed by atoms with Crippen LogP contribution in [0.1, 0.15) is 11.3 Å². The fourth-order valence-electron chi connectivity index (χ4n) is 1.76. The first-order chi connectivity index (χ1) is 8.70. The van der Waals surface area contributed by atoms with E-state index in [0.29, 0.717) is 6.54 Å². The zero-order chi connectivity index (χ0) is 13.0. The number of rotatable bonds is 4. The van der Waals surface area contributed by atoms with E-state index in [0.717, 1.165) is 27.3 Å². The molecule has 0 atom stereocenters. The number of methoxy groups -OCH3 is 1. The van der Waals surface area contributed by atoms with E-state index in [-0.39, 0.29) is 0 Å². The Morgan fingerprint density at radius 2 is 2.00 bits per heavy atom. The van der Waals surface area contributed by atoms with E-state index in [1.807, 2.05) is 43.3 Å². The van der Waals surface area contributed by atoms with Gasteiger partial charge in [-0.15, -0.1) is 0 Å². The number of nitrogens with one attached hydrogen (secondary N) is 1. The minimum Gasteiger partial charge on any atom is -0.496 e. The molecule has 0 saturated carbocycles. The molecule has 0 fully saturated rings. The van der Waals surface area contributed by atoms with E-state index in [1.165, 1.54) is 0 Å². The van der Waals surface area contributed by atoms with Gasteiger partial charge in [-0.1, -0.05) is 18.2 Å². The Morgan fingerprint density at radius 3 is 2.72 bits per heavy atom. The summed E-state index contributed by atoms with van der Waals surface area (Å²) in [6, 6.07) is 11.9. The zero-order valence-electron chi connectivity index (χ0n) is 10.4. The molecule has 4 heteroatoms. The van der Waals surface area contributed by atoms with Gasteiger partial charge in [0, 0.05) is 12.1 Å². The smallest absolute Gasteiger partial charge is 0.123 e. The molecule has 0 amide bonds. The van der Waals surface area contributed by atoms with Crippen molar-refractivity contribution in [3.63, 3.8) is 0 Å². The predicted octanol–water partition coefficient (Wildman–Crippen LogP) is 3.77. The fourth-order valence-corrected chi connectivity index (χ4v) is 2.15. The van der Waals surface area contributed by atoms with Crippen LogP contribution >= 0.6 is 15.9 Å². The molecular formula is C14H15BrN2O. The lowest BCUT2D eigenvalue weighted by molar-refractivity contribution is 0.410. The number of hydrogen-bond acceptors (Lipinski definition) is 3. The number of para-hydroxylation sites is 1. The van der Waals surface area contributed by atoms with E-state index < -0.39 is 0 Å². The van der Waals surface area contributed by atoms with Gasteiger partial charge in [0.25, 0.3) is 0 Å². The van der Waals surface area contributed by atoms with Crippen LogP contribution in [-0.4, -0.2) is 12.1 Å². The van der Waals surface area contributed by atoms with Crippen LogP contribution in [0.5, 0.6) is 5.75 Å². The molecule has 94 valence electrons. The van der Waals surface area contributed by atoms with Gasteiger partial charge in [-0.25, -0.2) is 4.98 Å². The molecule has 0 unspecified atom stereocenters. The lowest BCUT2D eigenvalue weighted by Crippen LogP contribution is -2.03. The topological polar surface area (TPSA) is 34.1 Å². The molecule has 0 aliphatic carbocycles. The molecule has 1 heterocycles. The van der Waals surface area contributed by atoms with Crippen molar-refractivity contribution in [3.05, 3.63) is 52.3 Å². The summed E-state index contributed by atoms with van der Waals surface area (Å²) in [5, 5.41) is 3.37. The Labute approximate surface area is 115 Å². The van der Waals surface area contributed by atoms with E-state index in [9.17, 15) is 0 Å². The average molecular weight is 307 g/mol. The second-order valence-electron chi connectivity index (χ2n) is 3.93. The molecule has 0 saturated heterocycles. The number of ether oxygens (including phenoxy) is 1. The van der Waals surface area contributed by atoms with Gasteiger partial charge in [0.15, 0.2) is 0 Å². The Morgan fingerprint density at radius 1 is 1.22 bits per heavy atom. The van der Waals surface area contributed by atoms with Gasteiger partial charge in [-0.3, -0.25) is 0 Å². The second kappa shape index (κ2) is 5.87. The maximum atomic E-state index is 5.32. The molecule has 0 bridgehead atoms. The monoisotopic (exact) mass is 306 g/mol. The Bertz CT molecular complexity index is 543. The minimum atomic E-state index is 0.716. The number of halogens is 1. The molecule has 2 aromatic rings. The van der Waals surface area contributed by atoms with Crippen LogP contribution in [0.25, 0.3) is 0 Å². The van der Waals surface area contributed by atoms with Gasteiger partial charge < -0.3 is 10.1 Å². The minimum absolute atomic E-state index is 0.716. The highest BCUT2D eigenvalue weighted by atomic mass is 79.9. The van der Waals surface area contributed by atoms with Crippen molar-refractivity contribution in [2.45, 2.75) is 13.5 Å². The standard InChI is InChI=1S/C14H15BrN2O/c1-10-12(7-8-14(15)17-10)16-9-11-5-3-4-6-13(11)18-2/h3-8,16H,9H2,1-2H3. The van der Waals surface area contributed by atoms with Crippen LogP contribution in [0, 0.1) is 6.92 Å². The van der Waals surface area contributed by atoms with E-state index in [4.69, 9.17) is 4.74 Å². The maximum Gasteiger partial charge on any atom is 0.123 e. The summed E-state index contributed by atoms with van der Waals surface area (Å²) in [7, 11) is 1.69. The Hall–Kier alpha value is -1.55. The number of hydrogen-bond donors (Lipinski definition) is 1. The summed E-state index contributed by atoms with van der Waals surface area (Å²) in [5.41, 5.74) is 3.13. The molecule has 0 aliphatic rings. The third-order valence-electron chi connectivity index (χ3n) is 2.71. The SMILES string of the molecule is COc1ccccc1CNc1ccc(Br)nc1C. The van der Waals surface area contributed by atoms with Crippen LogP contribution in [0.2, 0.25) is 0 Å². The van der Waals surface area contributed by atoms with Crippen LogP contribution < -0.4 is 10.1 Å². The number of nitrogens with zero attached hydrogens (tertiary/aromatic N) is 1. The van der Waals surface area contributed by atoms with Gasteiger partial charge in [-0.05, 0) is 41.1 Å². The molecule has 3 nitrogen and oxygen atoms in total. The van der Waals surface area contributed by atoms with Crippen molar-refractivity contribution in [2.75, 3.05) is 12.4 Å². The van der Waals surface area contributed by atoms with Crippen molar-refractivity contribution < 1.29 is 4.74 Å². The lowest BCUT2D eigenvalue weighted by Gasteiger charge is -2.11. The number of aromatic nitrogens is 1. The molecule has 0 aliphatic heterocycles. The van der Waals surface area contributed by atoms with Crippen LogP contribution in [0.3, 0.4) is 0 Å². The van der Waals surface area contributed by atoms with Crippen molar-refractivity contribution in [3.8, 4) is 5.75 Å². The summed E-state index contributed by atoms with van der Waals surface area (Å²) < 4.78 is 6.17. The summed E-state index contributed by atoms with van der Waals surface area (Å²) in [6.45, 7) is 2.70. The van der Waals surface area contributed by atoms with Gasteiger partial charge >= 0.3 is 0 Å². The number of pyridine rings is 1. The van der Waals surface area contributed by atoms with Crippen LogP contribution in [-0.2, 0) is 6.54 Å². The number of aryl methyl sites for hydroxylation is 1. The van der Waals surface area contributed by atoms with Crippen molar-refractivity contribution in [1.82, 2.24) is 4.98 Å². The average Bonchev–Trinajstić information content (AvgIpc) is 2.38. The van der Waals surface area contributed by atoms with Gasteiger partial charge in [-0.2, -0.15) is 0 Å². The molecule has 18 heavy (non-hydrogen) atoms. The van der Waals surface area contributed by atoms with E-state index in [1.54, 1.807) is 7.11 Å². The molecular weight excluding hydrogens is 292 g/mol. The fraction of sp³-hybridized carbons (Fsp3) is 0.214. The summed E-state index contributed by atoms with van der Waals surface area (Å²) in [5.74, 6) is 0.896. The predicted molar refractivity (Wildman–Crippen MR) is 77.0 cm³/mol. The molecule has 2 rings (SSSR count). The van der Waals surface area contributed by atoms with Crippen molar-refractivity contribution >= 4 is 21.6 Å². The van der Waals surface area contributed by atoms with Crippen molar-refractivity contribution in [2.24, 2.45) is 0 Å². The number of benzene rings is 1.